The monoisotopic (exact) mass is 363 g/mol. The fraction of sp³-hybridized carbons (Fsp3) is 0.600. The van der Waals surface area contributed by atoms with Gasteiger partial charge in [0.2, 0.25) is 0 Å². The summed E-state index contributed by atoms with van der Waals surface area (Å²) in [6.07, 6.45) is 4.21. The molecule has 20 heavy (non-hydrogen) atoms. The molecule has 0 radical (unpaired) electrons. The van der Waals surface area contributed by atoms with Crippen LogP contribution in [0.25, 0.3) is 0 Å². The van der Waals surface area contributed by atoms with E-state index in [-0.39, 0.29) is 0 Å². The summed E-state index contributed by atoms with van der Waals surface area (Å²) >= 11 is 9.41. The zero-order valence-corrected chi connectivity index (χ0v) is 14.2. The van der Waals surface area contributed by atoms with Gasteiger partial charge in [0.1, 0.15) is 0 Å². The van der Waals surface area contributed by atoms with E-state index in [1.807, 2.05) is 18.2 Å². The van der Waals surface area contributed by atoms with Crippen molar-refractivity contribution in [2.45, 2.75) is 38.7 Å². The molecule has 1 rings (SSSR count). The Morgan fingerprint density at radius 3 is 2.90 bits per heavy atom. The lowest BCUT2D eigenvalue weighted by Gasteiger charge is -2.14. The first kappa shape index (κ1) is 17.8. The van der Waals surface area contributed by atoms with Crippen molar-refractivity contribution in [3.8, 4) is 0 Å². The second kappa shape index (κ2) is 10.4. The number of anilines is 1. The lowest BCUT2D eigenvalue weighted by atomic mass is 10.2. The molecule has 1 aromatic rings. The molecule has 1 aromatic carbocycles. The highest BCUT2D eigenvalue weighted by atomic mass is 79.9. The van der Waals surface area contributed by atoms with E-state index in [4.69, 9.17) is 16.3 Å². The molecule has 0 fully saturated rings. The van der Waals surface area contributed by atoms with Gasteiger partial charge in [-0.1, -0.05) is 43.9 Å². The summed E-state index contributed by atoms with van der Waals surface area (Å²) in [4.78, 5) is 0. The van der Waals surface area contributed by atoms with Gasteiger partial charge in [-0.3, -0.25) is 0 Å². The van der Waals surface area contributed by atoms with E-state index in [0.717, 1.165) is 23.2 Å². The first-order valence-electron chi connectivity index (χ1n) is 7.08. The van der Waals surface area contributed by atoms with Crippen LogP contribution >= 0.6 is 27.5 Å². The lowest BCUT2D eigenvalue weighted by molar-refractivity contribution is 0.0416. The molecule has 0 spiro atoms. The van der Waals surface area contributed by atoms with Crippen molar-refractivity contribution in [3.05, 3.63) is 27.7 Å². The number of unbranched alkanes of at least 4 members (excludes halogenated alkanes) is 3. The minimum atomic E-state index is -0.521. The maximum atomic E-state index is 9.84. The Labute approximate surface area is 134 Å². The fourth-order valence-electron chi connectivity index (χ4n) is 1.78. The second-order valence-corrected chi connectivity index (χ2v) is 5.97. The topological polar surface area (TPSA) is 41.5 Å². The summed E-state index contributed by atoms with van der Waals surface area (Å²) in [6, 6.07) is 5.59. The third kappa shape index (κ3) is 6.93. The molecule has 3 nitrogen and oxygen atoms in total. The molecule has 0 bridgehead atoms. The predicted octanol–water partition coefficient (Wildman–Crippen LogP) is 4.47. The third-order valence-corrected chi connectivity index (χ3v) is 4.33. The van der Waals surface area contributed by atoms with Crippen molar-refractivity contribution in [2.75, 3.05) is 25.1 Å². The SMILES string of the molecule is CCCCCCOCC(O)CNc1cccc(Cl)c1Br. The molecule has 0 amide bonds. The molecule has 1 atom stereocenters. The first-order valence-corrected chi connectivity index (χ1v) is 8.26. The summed E-state index contributed by atoms with van der Waals surface area (Å²) in [5.74, 6) is 0. The minimum Gasteiger partial charge on any atom is -0.389 e. The van der Waals surface area contributed by atoms with Gasteiger partial charge in [-0.05, 0) is 34.5 Å². The number of ether oxygens (including phenoxy) is 1. The zero-order chi connectivity index (χ0) is 14.8. The molecule has 0 aromatic heterocycles. The number of nitrogens with one attached hydrogen (secondary N) is 1. The number of rotatable bonds is 10. The highest BCUT2D eigenvalue weighted by Gasteiger charge is 2.07. The van der Waals surface area contributed by atoms with Crippen LogP contribution in [0.4, 0.5) is 5.69 Å². The molecule has 0 saturated carbocycles. The number of benzene rings is 1. The van der Waals surface area contributed by atoms with E-state index < -0.39 is 6.10 Å². The molecule has 0 saturated heterocycles. The normalized spacial score (nSPS) is 12.4. The molecular formula is C15H23BrClNO2. The Bertz CT molecular complexity index is 390. The fourth-order valence-corrected chi connectivity index (χ4v) is 2.36. The van der Waals surface area contributed by atoms with Crippen LogP contribution in [0.15, 0.2) is 22.7 Å². The van der Waals surface area contributed by atoms with Crippen LogP contribution in [0, 0.1) is 0 Å². The number of hydrogen-bond acceptors (Lipinski definition) is 3. The zero-order valence-electron chi connectivity index (χ0n) is 11.9. The quantitative estimate of drug-likeness (QED) is 0.602. The maximum Gasteiger partial charge on any atom is 0.0945 e. The molecule has 0 aliphatic carbocycles. The van der Waals surface area contributed by atoms with E-state index in [0.29, 0.717) is 18.2 Å². The van der Waals surface area contributed by atoms with Crippen molar-refractivity contribution < 1.29 is 9.84 Å². The minimum absolute atomic E-state index is 0.358. The summed E-state index contributed by atoms with van der Waals surface area (Å²) in [7, 11) is 0. The van der Waals surface area contributed by atoms with Crippen LogP contribution in [0.3, 0.4) is 0 Å². The molecule has 0 aliphatic rings. The molecule has 0 aliphatic heterocycles. The summed E-state index contributed by atoms with van der Waals surface area (Å²) in [5.41, 5.74) is 0.875. The van der Waals surface area contributed by atoms with Crippen molar-refractivity contribution in [1.29, 1.82) is 0 Å². The van der Waals surface area contributed by atoms with Crippen molar-refractivity contribution in [3.63, 3.8) is 0 Å². The molecular weight excluding hydrogens is 342 g/mol. The number of aliphatic hydroxyl groups excluding tert-OH is 1. The van der Waals surface area contributed by atoms with Crippen LogP contribution < -0.4 is 5.32 Å². The Hall–Kier alpha value is -0.290. The van der Waals surface area contributed by atoms with Crippen LogP contribution in [-0.4, -0.2) is 31.0 Å². The molecule has 5 heteroatoms. The summed E-state index contributed by atoms with van der Waals surface area (Å²) < 4.78 is 6.27. The second-order valence-electron chi connectivity index (χ2n) is 4.77. The van der Waals surface area contributed by atoms with Crippen LogP contribution in [0.5, 0.6) is 0 Å². The van der Waals surface area contributed by atoms with Crippen LogP contribution in [0.1, 0.15) is 32.6 Å². The molecule has 0 heterocycles. The summed E-state index contributed by atoms with van der Waals surface area (Å²) in [6.45, 7) is 3.70. The Morgan fingerprint density at radius 2 is 2.15 bits per heavy atom. The standard InChI is InChI=1S/C15H23BrClNO2/c1-2-3-4-5-9-20-11-12(19)10-18-14-8-6-7-13(17)15(14)16/h6-8,12,18-19H,2-5,9-11H2,1H3. The molecule has 1 unspecified atom stereocenters. The Balaban J connectivity index is 2.16. The maximum absolute atomic E-state index is 9.84. The Kier molecular flexibility index (Phi) is 9.27. The van der Waals surface area contributed by atoms with Gasteiger partial charge in [-0.15, -0.1) is 0 Å². The van der Waals surface area contributed by atoms with Crippen LogP contribution in [-0.2, 0) is 4.74 Å². The Morgan fingerprint density at radius 1 is 1.35 bits per heavy atom. The average molecular weight is 365 g/mol. The van der Waals surface area contributed by atoms with E-state index >= 15 is 0 Å². The summed E-state index contributed by atoms with van der Waals surface area (Å²) in [5, 5.41) is 13.6. The van der Waals surface area contributed by atoms with Gasteiger partial charge in [0.05, 0.1) is 27.9 Å². The van der Waals surface area contributed by atoms with Gasteiger partial charge in [0.15, 0.2) is 0 Å². The van der Waals surface area contributed by atoms with Crippen molar-refractivity contribution in [1.82, 2.24) is 0 Å². The van der Waals surface area contributed by atoms with Crippen molar-refractivity contribution >= 4 is 33.2 Å². The largest absolute Gasteiger partial charge is 0.389 e. The number of halogens is 2. The van der Waals surface area contributed by atoms with Gasteiger partial charge < -0.3 is 15.2 Å². The molecule has 114 valence electrons. The van der Waals surface area contributed by atoms with Gasteiger partial charge >= 0.3 is 0 Å². The highest BCUT2D eigenvalue weighted by Crippen LogP contribution is 2.29. The van der Waals surface area contributed by atoms with Gasteiger partial charge in [0, 0.05) is 13.2 Å². The van der Waals surface area contributed by atoms with Crippen LogP contribution in [0.2, 0.25) is 5.02 Å². The van der Waals surface area contributed by atoms with E-state index in [1.54, 1.807) is 0 Å². The smallest absolute Gasteiger partial charge is 0.0945 e. The van der Waals surface area contributed by atoms with Gasteiger partial charge in [-0.25, -0.2) is 0 Å². The molecule has 2 N–H and O–H groups in total. The lowest BCUT2D eigenvalue weighted by Crippen LogP contribution is -2.25. The van der Waals surface area contributed by atoms with E-state index in [2.05, 4.69) is 28.2 Å². The highest BCUT2D eigenvalue weighted by molar-refractivity contribution is 9.10. The average Bonchev–Trinajstić information content (AvgIpc) is 2.44. The van der Waals surface area contributed by atoms with E-state index in [1.165, 1.54) is 19.3 Å². The number of aliphatic hydroxyl groups is 1. The van der Waals surface area contributed by atoms with E-state index in [9.17, 15) is 5.11 Å². The first-order chi connectivity index (χ1) is 9.65. The van der Waals surface area contributed by atoms with Gasteiger partial charge in [-0.2, -0.15) is 0 Å². The predicted molar refractivity (Wildman–Crippen MR) is 88.6 cm³/mol. The third-order valence-electron chi connectivity index (χ3n) is 2.93. The van der Waals surface area contributed by atoms with Crippen molar-refractivity contribution in [2.24, 2.45) is 0 Å². The number of hydrogen-bond donors (Lipinski definition) is 2. The van der Waals surface area contributed by atoms with Gasteiger partial charge in [0.25, 0.3) is 0 Å².